The number of amides is 2. The van der Waals surface area contributed by atoms with Crippen molar-refractivity contribution >= 4 is 12.0 Å². The van der Waals surface area contributed by atoms with Crippen LogP contribution in [0, 0.1) is 5.92 Å². The zero-order chi connectivity index (χ0) is 19.2. The Kier molecular flexibility index (Phi) is 6.68. The molecule has 1 aromatic carbocycles. The van der Waals surface area contributed by atoms with Gasteiger partial charge >= 0.3 is 12.0 Å². The molecule has 1 aliphatic carbocycles. The third-order valence-corrected chi connectivity index (χ3v) is 5.24. The van der Waals surface area contributed by atoms with Crippen LogP contribution in [0.3, 0.4) is 0 Å². The van der Waals surface area contributed by atoms with Crippen LogP contribution in [0.1, 0.15) is 24.3 Å². The topological polar surface area (TPSA) is 82.1 Å². The number of carbonyl (C=O) groups is 2. The molecule has 1 saturated carbocycles. The molecular formula is C20H29N3O4. The monoisotopic (exact) mass is 375 g/mol. The molecule has 2 atom stereocenters. The first kappa shape index (κ1) is 19.6. The number of carboxylic acids is 1. The molecule has 2 N–H and O–H groups in total. The van der Waals surface area contributed by atoms with Gasteiger partial charge in [-0.15, -0.1) is 0 Å². The molecule has 2 amide bonds. The normalized spacial score (nSPS) is 21.1. The van der Waals surface area contributed by atoms with Crippen LogP contribution in [0.5, 0.6) is 0 Å². The number of carboxylic acid groups (broad SMARTS) is 1. The molecule has 7 heteroatoms. The average molecular weight is 375 g/mol. The van der Waals surface area contributed by atoms with Gasteiger partial charge in [-0.3, -0.25) is 9.69 Å². The van der Waals surface area contributed by atoms with Gasteiger partial charge in [-0.2, -0.15) is 0 Å². The molecule has 1 saturated heterocycles. The third kappa shape index (κ3) is 5.94. The number of likely N-dealkylation sites (N-methyl/N-ethyl adjacent to an activating group) is 1. The summed E-state index contributed by atoms with van der Waals surface area (Å²) in [6, 6.07) is 10.3. The Hall–Kier alpha value is -2.12. The van der Waals surface area contributed by atoms with Crippen molar-refractivity contribution < 1.29 is 19.4 Å². The lowest BCUT2D eigenvalue weighted by molar-refractivity contribution is -0.138. The average Bonchev–Trinajstić information content (AvgIpc) is 3.47. The molecule has 0 bridgehead atoms. The van der Waals surface area contributed by atoms with E-state index in [9.17, 15) is 9.59 Å². The summed E-state index contributed by atoms with van der Waals surface area (Å²) in [4.78, 5) is 26.9. The Morgan fingerprint density at radius 1 is 1.33 bits per heavy atom. The number of carbonyl (C=O) groups excluding carboxylic acids is 1. The van der Waals surface area contributed by atoms with Crippen LogP contribution < -0.4 is 5.32 Å². The van der Waals surface area contributed by atoms with Gasteiger partial charge in [0.15, 0.2) is 0 Å². The van der Waals surface area contributed by atoms with Crippen molar-refractivity contribution in [1.82, 2.24) is 15.1 Å². The maximum Gasteiger partial charge on any atom is 0.317 e. The van der Waals surface area contributed by atoms with E-state index in [2.05, 4.69) is 17.4 Å². The molecule has 148 valence electrons. The van der Waals surface area contributed by atoms with Gasteiger partial charge in [0.05, 0.1) is 19.3 Å². The van der Waals surface area contributed by atoms with Crippen LogP contribution in [0.15, 0.2) is 30.3 Å². The number of hydrogen-bond acceptors (Lipinski definition) is 4. The second-order valence-electron chi connectivity index (χ2n) is 7.57. The molecule has 1 aromatic rings. The molecule has 2 aliphatic rings. The highest BCUT2D eigenvalue weighted by atomic mass is 16.5. The van der Waals surface area contributed by atoms with E-state index in [1.165, 1.54) is 18.4 Å². The minimum absolute atomic E-state index is 0.0355. The van der Waals surface area contributed by atoms with Crippen LogP contribution in [-0.4, -0.2) is 79.4 Å². The summed E-state index contributed by atoms with van der Waals surface area (Å²) in [5.41, 5.74) is 1.29. The van der Waals surface area contributed by atoms with E-state index < -0.39 is 5.97 Å². The first-order valence-corrected chi connectivity index (χ1v) is 9.62. The predicted molar refractivity (Wildman–Crippen MR) is 102 cm³/mol. The van der Waals surface area contributed by atoms with Crippen molar-refractivity contribution in [2.24, 2.45) is 5.92 Å². The Morgan fingerprint density at radius 2 is 2.07 bits per heavy atom. The fourth-order valence-corrected chi connectivity index (χ4v) is 3.72. The highest BCUT2D eigenvalue weighted by molar-refractivity contribution is 5.74. The molecule has 0 spiro atoms. The number of urea groups is 1. The Bertz CT molecular complexity index is 635. The van der Waals surface area contributed by atoms with Crippen LogP contribution in [0.4, 0.5) is 4.79 Å². The number of benzene rings is 1. The highest BCUT2D eigenvalue weighted by Gasteiger charge is 2.33. The van der Waals surface area contributed by atoms with E-state index >= 15 is 0 Å². The van der Waals surface area contributed by atoms with Crippen LogP contribution in [0.25, 0.3) is 0 Å². The molecule has 1 heterocycles. The summed E-state index contributed by atoms with van der Waals surface area (Å²) >= 11 is 0. The van der Waals surface area contributed by atoms with E-state index in [0.29, 0.717) is 44.6 Å². The summed E-state index contributed by atoms with van der Waals surface area (Å²) in [6.07, 6.45) is 2.29. The lowest BCUT2D eigenvalue weighted by Gasteiger charge is -2.35. The highest BCUT2D eigenvalue weighted by Crippen LogP contribution is 2.42. The number of hydrogen-bond donors (Lipinski definition) is 2. The zero-order valence-electron chi connectivity index (χ0n) is 15.8. The summed E-state index contributed by atoms with van der Waals surface area (Å²) < 4.78 is 5.70. The van der Waals surface area contributed by atoms with Crippen molar-refractivity contribution in [1.29, 1.82) is 0 Å². The van der Waals surface area contributed by atoms with Crippen molar-refractivity contribution in [3.63, 3.8) is 0 Å². The molecule has 0 radical (unpaired) electrons. The van der Waals surface area contributed by atoms with Gasteiger partial charge < -0.3 is 20.1 Å². The molecule has 2 fully saturated rings. The molecule has 2 unspecified atom stereocenters. The number of nitrogens with one attached hydrogen (secondary N) is 1. The SMILES string of the molecule is CN(CC(=O)O)CC1CN(C(=O)NCC(c2ccccc2)C2CC2)CCO1. The number of nitrogens with zero attached hydrogens (tertiary/aromatic N) is 2. The van der Waals surface area contributed by atoms with Gasteiger partial charge in [0, 0.05) is 32.1 Å². The lowest BCUT2D eigenvalue weighted by atomic mass is 9.94. The van der Waals surface area contributed by atoms with Crippen LogP contribution in [0.2, 0.25) is 0 Å². The molecule has 3 rings (SSSR count). The van der Waals surface area contributed by atoms with Crippen molar-refractivity contribution in [2.45, 2.75) is 24.9 Å². The minimum Gasteiger partial charge on any atom is -0.480 e. The summed E-state index contributed by atoms with van der Waals surface area (Å²) in [5, 5.41) is 12.0. The van der Waals surface area contributed by atoms with Gasteiger partial charge in [-0.25, -0.2) is 4.79 Å². The minimum atomic E-state index is -0.866. The van der Waals surface area contributed by atoms with Crippen molar-refractivity contribution in [2.75, 3.05) is 46.4 Å². The number of aliphatic carboxylic acids is 1. The first-order valence-electron chi connectivity index (χ1n) is 9.62. The molecule has 1 aliphatic heterocycles. The molecule has 7 nitrogen and oxygen atoms in total. The maximum absolute atomic E-state index is 12.6. The quantitative estimate of drug-likeness (QED) is 0.721. The van der Waals surface area contributed by atoms with E-state index in [0.717, 1.165) is 0 Å². The van der Waals surface area contributed by atoms with Crippen LogP contribution in [-0.2, 0) is 9.53 Å². The summed E-state index contributed by atoms with van der Waals surface area (Å²) in [7, 11) is 1.75. The molecular weight excluding hydrogens is 346 g/mol. The summed E-state index contributed by atoms with van der Waals surface area (Å²) in [5.74, 6) is 0.165. The second kappa shape index (κ2) is 9.19. The number of rotatable bonds is 8. The van der Waals surface area contributed by atoms with Gasteiger partial charge in [-0.05, 0) is 31.4 Å². The van der Waals surface area contributed by atoms with Crippen molar-refractivity contribution in [3.05, 3.63) is 35.9 Å². The standard InChI is InChI=1S/C20H29N3O4/c1-22(14-19(24)25)12-17-13-23(9-10-27-17)20(26)21-11-18(16-7-8-16)15-5-3-2-4-6-15/h2-6,16-18H,7-14H2,1H3,(H,21,26)(H,24,25). The second-order valence-corrected chi connectivity index (χ2v) is 7.57. The Labute approximate surface area is 160 Å². The van der Waals surface area contributed by atoms with Crippen molar-refractivity contribution in [3.8, 4) is 0 Å². The number of ether oxygens (including phenoxy) is 1. The fraction of sp³-hybridized carbons (Fsp3) is 0.600. The Balaban J connectivity index is 1.49. The van der Waals surface area contributed by atoms with Gasteiger partial charge in [0.25, 0.3) is 0 Å². The maximum atomic E-state index is 12.6. The predicted octanol–water partition coefficient (Wildman–Crippen LogP) is 1.61. The third-order valence-electron chi connectivity index (χ3n) is 5.24. The number of morpholine rings is 1. The first-order chi connectivity index (χ1) is 13.0. The fourth-order valence-electron chi connectivity index (χ4n) is 3.72. The van der Waals surface area contributed by atoms with E-state index in [-0.39, 0.29) is 18.7 Å². The molecule has 27 heavy (non-hydrogen) atoms. The molecule has 0 aromatic heterocycles. The van der Waals surface area contributed by atoms with Gasteiger partial charge in [0.1, 0.15) is 0 Å². The van der Waals surface area contributed by atoms with Gasteiger partial charge in [0.2, 0.25) is 0 Å². The Morgan fingerprint density at radius 3 is 2.74 bits per heavy atom. The van der Waals surface area contributed by atoms with E-state index in [1.807, 2.05) is 18.2 Å². The largest absolute Gasteiger partial charge is 0.480 e. The van der Waals surface area contributed by atoms with E-state index in [1.54, 1.807) is 16.8 Å². The smallest absolute Gasteiger partial charge is 0.317 e. The van der Waals surface area contributed by atoms with Crippen LogP contribution >= 0.6 is 0 Å². The van der Waals surface area contributed by atoms with E-state index in [4.69, 9.17) is 9.84 Å². The van der Waals surface area contributed by atoms with Gasteiger partial charge in [-0.1, -0.05) is 30.3 Å². The zero-order valence-corrected chi connectivity index (χ0v) is 15.8. The lowest BCUT2D eigenvalue weighted by Crippen LogP contribution is -2.52. The summed E-state index contributed by atoms with van der Waals surface area (Å²) in [6.45, 7) is 2.62.